The van der Waals surface area contributed by atoms with Gasteiger partial charge < -0.3 is 5.32 Å². The van der Waals surface area contributed by atoms with Crippen LogP contribution >= 0.6 is 0 Å². The lowest BCUT2D eigenvalue weighted by molar-refractivity contribution is -0.384. The molecule has 0 radical (unpaired) electrons. The van der Waals surface area contributed by atoms with Gasteiger partial charge in [0.05, 0.1) is 10.5 Å². The summed E-state index contributed by atoms with van der Waals surface area (Å²) < 4.78 is 0. The Morgan fingerprint density at radius 1 is 1.24 bits per heavy atom. The van der Waals surface area contributed by atoms with Crippen LogP contribution in [0.15, 0.2) is 24.3 Å². The molecular formula is C15H18N4O2. The number of hydrogen-bond donors (Lipinski definition) is 1. The van der Waals surface area contributed by atoms with Crippen molar-refractivity contribution in [2.75, 3.05) is 11.9 Å². The number of aryl methyl sites for hydroxylation is 1. The molecule has 2 rings (SSSR count). The molecule has 2 aromatic rings. The van der Waals surface area contributed by atoms with Crippen molar-refractivity contribution < 1.29 is 4.92 Å². The molecular weight excluding hydrogens is 268 g/mol. The van der Waals surface area contributed by atoms with Crippen LogP contribution in [0.4, 0.5) is 11.5 Å². The molecule has 6 heteroatoms. The summed E-state index contributed by atoms with van der Waals surface area (Å²) in [6, 6.07) is 6.53. The Balaban J connectivity index is 2.62. The normalized spacial score (nSPS) is 10.4. The maximum absolute atomic E-state index is 11.1. The largest absolute Gasteiger partial charge is 0.370 e. The number of rotatable bonds is 5. The molecule has 0 saturated carbocycles. The monoisotopic (exact) mass is 286 g/mol. The van der Waals surface area contributed by atoms with E-state index in [0.717, 1.165) is 30.0 Å². The molecule has 0 saturated heterocycles. The molecule has 110 valence electrons. The lowest BCUT2D eigenvalue weighted by atomic mass is 10.1. The number of nitro groups is 1. The summed E-state index contributed by atoms with van der Waals surface area (Å²) in [6.45, 7) is 6.66. The van der Waals surface area contributed by atoms with Crippen molar-refractivity contribution in [3.05, 3.63) is 45.6 Å². The van der Waals surface area contributed by atoms with Crippen LogP contribution < -0.4 is 5.32 Å². The van der Waals surface area contributed by atoms with Gasteiger partial charge in [-0.15, -0.1) is 0 Å². The lowest BCUT2D eigenvalue weighted by Gasteiger charge is -2.13. The number of benzene rings is 1. The highest BCUT2D eigenvalue weighted by Gasteiger charge is 2.19. The molecule has 0 amide bonds. The van der Waals surface area contributed by atoms with Crippen LogP contribution in [-0.2, 0) is 6.42 Å². The van der Waals surface area contributed by atoms with E-state index in [4.69, 9.17) is 0 Å². The van der Waals surface area contributed by atoms with E-state index >= 15 is 0 Å². The second-order valence-corrected chi connectivity index (χ2v) is 4.62. The van der Waals surface area contributed by atoms with Gasteiger partial charge in [-0.1, -0.05) is 19.1 Å². The van der Waals surface area contributed by atoms with Gasteiger partial charge in [0.15, 0.2) is 5.82 Å². The van der Waals surface area contributed by atoms with Crippen LogP contribution in [0.5, 0.6) is 0 Å². The number of para-hydroxylation sites is 1. The summed E-state index contributed by atoms with van der Waals surface area (Å²) >= 11 is 0. The second-order valence-electron chi connectivity index (χ2n) is 4.62. The van der Waals surface area contributed by atoms with Crippen molar-refractivity contribution in [2.45, 2.75) is 27.2 Å². The molecule has 0 aliphatic heterocycles. The van der Waals surface area contributed by atoms with Crippen LogP contribution in [0.3, 0.4) is 0 Å². The van der Waals surface area contributed by atoms with E-state index in [1.807, 2.05) is 20.8 Å². The zero-order chi connectivity index (χ0) is 15.4. The summed E-state index contributed by atoms with van der Waals surface area (Å²) in [5.74, 6) is 1.13. The molecule has 6 nitrogen and oxygen atoms in total. The topological polar surface area (TPSA) is 81.0 Å². The Morgan fingerprint density at radius 3 is 2.57 bits per heavy atom. The fourth-order valence-corrected chi connectivity index (χ4v) is 2.28. The summed E-state index contributed by atoms with van der Waals surface area (Å²) in [5, 5.41) is 14.4. The van der Waals surface area contributed by atoms with Crippen LogP contribution in [-0.4, -0.2) is 21.4 Å². The molecule has 1 heterocycles. The number of hydrogen-bond acceptors (Lipinski definition) is 5. The third-order valence-corrected chi connectivity index (χ3v) is 3.25. The maximum atomic E-state index is 11.1. The average Bonchev–Trinajstić information content (AvgIpc) is 2.47. The quantitative estimate of drug-likeness (QED) is 0.673. The predicted octanol–water partition coefficient (Wildman–Crippen LogP) is 3.35. The van der Waals surface area contributed by atoms with E-state index in [1.54, 1.807) is 18.2 Å². The number of aromatic nitrogens is 2. The Labute approximate surface area is 123 Å². The third kappa shape index (κ3) is 2.99. The molecule has 0 bridgehead atoms. The van der Waals surface area contributed by atoms with Crippen LogP contribution in [0.25, 0.3) is 11.4 Å². The van der Waals surface area contributed by atoms with Crippen molar-refractivity contribution >= 4 is 11.5 Å². The Morgan fingerprint density at radius 2 is 1.95 bits per heavy atom. The van der Waals surface area contributed by atoms with Gasteiger partial charge in [0, 0.05) is 23.9 Å². The molecule has 21 heavy (non-hydrogen) atoms. The summed E-state index contributed by atoms with van der Waals surface area (Å²) in [7, 11) is 0. The number of nitro benzene ring substituents is 1. The summed E-state index contributed by atoms with van der Waals surface area (Å²) in [4.78, 5) is 19.7. The van der Waals surface area contributed by atoms with Crippen LogP contribution in [0.1, 0.15) is 25.1 Å². The molecule has 1 N–H and O–H groups in total. The summed E-state index contributed by atoms with van der Waals surface area (Å²) in [5.41, 5.74) is 2.34. The molecule has 0 fully saturated rings. The molecule has 0 aliphatic rings. The van der Waals surface area contributed by atoms with Crippen molar-refractivity contribution in [1.82, 2.24) is 9.97 Å². The highest BCUT2D eigenvalue weighted by molar-refractivity contribution is 5.69. The first kappa shape index (κ1) is 14.9. The first-order valence-electron chi connectivity index (χ1n) is 6.93. The molecule has 1 aromatic heterocycles. The fourth-order valence-electron chi connectivity index (χ4n) is 2.28. The van der Waals surface area contributed by atoms with Gasteiger partial charge in [0.2, 0.25) is 0 Å². The van der Waals surface area contributed by atoms with E-state index < -0.39 is 4.92 Å². The van der Waals surface area contributed by atoms with E-state index in [-0.39, 0.29) is 5.69 Å². The predicted molar refractivity (Wildman–Crippen MR) is 82.4 cm³/mol. The van der Waals surface area contributed by atoms with Gasteiger partial charge in [-0.05, 0) is 26.3 Å². The van der Waals surface area contributed by atoms with Gasteiger partial charge in [-0.2, -0.15) is 0 Å². The minimum atomic E-state index is -0.408. The smallest absolute Gasteiger partial charge is 0.280 e. The van der Waals surface area contributed by atoms with Gasteiger partial charge >= 0.3 is 0 Å². The first-order chi connectivity index (χ1) is 10.1. The molecule has 0 aliphatic carbocycles. The molecule has 1 aromatic carbocycles. The average molecular weight is 286 g/mol. The summed E-state index contributed by atoms with van der Waals surface area (Å²) in [6.07, 6.45) is 0.811. The van der Waals surface area contributed by atoms with Crippen LogP contribution in [0.2, 0.25) is 0 Å². The third-order valence-electron chi connectivity index (χ3n) is 3.25. The van der Waals surface area contributed by atoms with Crippen molar-refractivity contribution in [1.29, 1.82) is 0 Å². The van der Waals surface area contributed by atoms with Gasteiger partial charge in [-0.3, -0.25) is 10.1 Å². The fraction of sp³-hybridized carbons (Fsp3) is 0.333. The highest BCUT2D eigenvalue weighted by Crippen LogP contribution is 2.29. The Kier molecular flexibility index (Phi) is 4.47. The molecule has 0 unspecified atom stereocenters. The maximum Gasteiger partial charge on any atom is 0.280 e. The Hall–Kier alpha value is -2.50. The van der Waals surface area contributed by atoms with Crippen LogP contribution in [0, 0.1) is 17.0 Å². The van der Waals surface area contributed by atoms with Crippen molar-refractivity contribution in [2.24, 2.45) is 0 Å². The van der Waals surface area contributed by atoms with Gasteiger partial charge in [-0.25, -0.2) is 9.97 Å². The zero-order valence-corrected chi connectivity index (χ0v) is 12.4. The van der Waals surface area contributed by atoms with Crippen molar-refractivity contribution in [3.8, 4) is 11.4 Å². The SMILES string of the molecule is CCNc1nc(-c2ccccc2[N+](=O)[O-])nc(C)c1CC. The molecule has 0 atom stereocenters. The Bertz CT molecular complexity index is 671. The minimum absolute atomic E-state index is 0.0172. The number of nitrogens with one attached hydrogen (secondary N) is 1. The lowest BCUT2D eigenvalue weighted by Crippen LogP contribution is -2.08. The second kappa shape index (κ2) is 6.30. The molecule has 0 spiro atoms. The number of nitrogens with zero attached hydrogens (tertiary/aromatic N) is 3. The number of anilines is 1. The highest BCUT2D eigenvalue weighted by atomic mass is 16.6. The standard InChI is InChI=1S/C15H18N4O2/c1-4-11-10(3)17-15(18-14(11)16-5-2)12-8-6-7-9-13(12)19(20)21/h6-9H,4-5H2,1-3H3,(H,16,17,18). The van der Waals surface area contributed by atoms with E-state index in [9.17, 15) is 10.1 Å². The first-order valence-corrected chi connectivity index (χ1v) is 6.93. The zero-order valence-electron chi connectivity index (χ0n) is 12.4. The van der Waals surface area contributed by atoms with E-state index in [1.165, 1.54) is 6.07 Å². The van der Waals surface area contributed by atoms with Crippen molar-refractivity contribution in [3.63, 3.8) is 0 Å². The minimum Gasteiger partial charge on any atom is -0.370 e. The van der Waals surface area contributed by atoms with Gasteiger partial charge in [0.1, 0.15) is 5.82 Å². The van der Waals surface area contributed by atoms with E-state index in [2.05, 4.69) is 15.3 Å². The van der Waals surface area contributed by atoms with E-state index in [0.29, 0.717) is 11.4 Å². The van der Waals surface area contributed by atoms with Gasteiger partial charge in [0.25, 0.3) is 5.69 Å².